The Morgan fingerprint density at radius 3 is 2.80 bits per heavy atom. The second-order valence-electron chi connectivity index (χ2n) is 6.74. The summed E-state index contributed by atoms with van der Waals surface area (Å²) in [6, 6.07) is 10.9. The number of hydrogen-bond donors (Lipinski definition) is 1. The quantitative estimate of drug-likeness (QED) is 0.812. The Kier molecular flexibility index (Phi) is 5.75. The van der Waals surface area contributed by atoms with Gasteiger partial charge >= 0.3 is 0 Å². The van der Waals surface area contributed by atoms with Crippen LogP contribution in [0.1, 0.15) is 50.7 Å². The molecule has 2 aromatic rings. The van der Waals surface area contributed by atoms with Crippen molar-refractivity contribution in [3.8, 4) is 5.75 Å². The Balaban J connectivity index is 1.89. The molecule has 1 N–H and O–H groups in total. The van der Waals surface area contributed by atoms with Gasteiger partial charge in [0.15, 0.2) is 0 Å². The summed E-state index contributed by atoms with van der Waals surface area (Å²) in [5.74, 6) is 2.02. The van der Waals surface area contributed by atoms with Gasteiger partial charge in [-0.3, -0.25) is 4.79 Å². The number of benzene rings is 2. The highest BCUT2D eigenvalue weighted by molar-refractivity contribution is 5.88. The molecule has 0 aliphatic heterocycles. The lowest BCUT2D eigenvalue weighted by Gasteiger charge is -2.16. The third-order valence-electron chi connectivity index (χ3n) is 4.75. The molecule has 132 valence electrons. The van der Waals surface area contributed by atoms with Crippen LogP contribution in [0.25, 0.3) is 10.8 Å². The number of carbonyl (C=O) groups excluding carboxylic acids is 1. The second-order valence-corrected chi connectivity index (χ2v) is 6.74. The molecule has 3 rings (SSSR count). The number of aryl methyl sites for hydroxylation is 1. The first-order valence-corrected chi connectivity index (χ1v) is 9.32. The summed E-state index contributed by atoms with van der Waals surface area (Å²) in [5, 5.41) is 5.35. The van der Waals surface area contributed by atoms with E-state index in [0.29, 0.717) is 6.54 Å². The van der Waals surface area contributed by atoms with Crippen LogP contribution in [0.5, 0.6) is 5.75 Å². The molecule has 2 aromatic carbocycles. The van der Waals surface area contributed by atoms with E-state index >= 15 is 0 Å². The Hall–Kier alpha value is -2.29. The Labute approximate surface area is 150 Å². The molecule has 0 spiro atoms. The molecular formula is C22H27NO2. The molecule has 25 heavy (non-hydrogen) atoms. The zero-order valence-electron chi connectivity index (χ0n) is 15.2. The molecule has 0 fully saturated rings. The third kappa shape index (κ3) is 4.62. The zero-order valence-corrected chi connectivity index (χ0v) is 15.2. The lowest BCUT2D eigenvalue weighted by Crippen LogP contribution is -2.22. The minimum atomic E-state index is 0.0178. The maximum Gasteiger partial charge on any atom is 0.216 e. The van der Waals surface area contributed by atoms with Gasteiger partial charge in [0.2, 0.25) is 5.91 Å². The van der Waals surface area contributed by atoms with Crippen molar-refractivity contribution in [2.45, 2.75) is 52.4 Å². The van der Waals surface area contributed by atoms with E-state index in [-0.39, 0.29) is 5.91 Å². The van der Waals surface area contributed by atoms with E-state index in [1.165, 1.54) is 34.7 Å². The van der Waals surface area contributed by atoms with E-state index in [9.17, 15) is 4.79 Å². The third-order valence-corrected chi connectivity index (χ3v) is 4.75. The van der Waals surface area contributed by atoms with Crippen LogP contribution in [-0.2, 0) is 17.6 Å². The predicted octanol–water partition coefficient (Wildman–Crippen LogP) is 4.92. The van der Waals surface area contributed by atoms with Gasteiger partial charge in [0.25, 0.3) is 0 Å². The van der Waals surface area contributed by atoms with E-state index in [1.54, 1.807) is 6.92 Å². The van der Waals surface area contributed by atoms with Crippen LogP contribution < -0.4 is 10.1 Å². The molecule has 0 saturated carbocycles. The van der Waals surface area contributed by atoms with Crippen LogP contribution in [0, 0.1) is 0 Å². The van der Waals surface area contributed by atoms with Gasteiger partial charge in [-0.15, -0.1) is 0 Å². The largest absolute Gasteiger partial charge is 0.462 e. The lowest BCUT2D eigenvalue weighted by molar-refractivity contribution is -0.118. The van der Waals surface area contributed by atoms with Gasteiger partial charge in [-0.2, -0.15) is 0 Å². The topological polar surface area (TPSA) is 38.3 Å². The fourth-order valence-corrected chi connectivity index (χ4v) is 3.38. The van der Waals surface area contributed by atoms with E-state index in [1.807, 2.05) is 0 Å². The number of ether oxygens (including phenoxy) is 1. The predicted molar refractivity (Wildman–Crippen MR) is 103 cm³/mol. The smallest absolute Gasteiger partial charge is 0.216 e. The standard InChI is InChI=1S/C22H27NO2/c1-3-17-13-18-9-10-21(25-20-7-5-4-6-8-20)15-22(18)19(14-17)11-12-23-16(2)24/h7,9-10,13-15H,3-6,8,11-12H2,1-2H3,(H,23,24). The van der Waals surface area contributed by atoms with Crippen molar-refractivity contribution in [3.05, 3.63) is 53.3 Å². The minimum absolute atomic E-state index is 0.0178. The summed E-state index contributed by atoms with van der Waals surface area (Å²) in [6.45, 7) is 4.39. The van der Waals surface area contributed by atoms with Gasteiger partial charge in [-0.25, -0.2) is 0 Å². The molecule has 0 saturated heterocycles. The van der Waals surface area contributed by atoms with Crippen molar-refractivity contribution in [3.63, 3.8) is 0 Å². The maximum absolute atomic E-state index is 11.2. The number of amides is 1. The van der Waals surface area contributed by atoms with Crippen molar-refractivity contribution >= 4 is 16.7 Å². The number of nitrogens with one attached hydrogen (secondary N) is 1. The second kappa shape index (κ2) is 8.19. The van der Waals surface area contributed by atoms with E-state index in [4.69, 9.17) is 4.74 Å². The number of hydrogen-bond acceptors (Lipinski definition) is 2. The Bertz CT molecular complexity index is 792. The fraction of sp³-hybridized carbons (Fsp3) is 0.409. The van der Waals surface area contributed by atoms with Gasteiger partial charge in [0.05, 0.1) is 0 Å². The molecule has 1 aliphatic rings. The van der Waals surface area contributed by atoms with Crippen molar-refractivity contribution in [1.82, 2.24) is 5.32 Å². The van der Waals surface area contributed by atoms with Crippen molar-refractivity contribution < 1.29 is 9.53 Å². The van der Waals surface area contributed by atoms with Gasteiger partial charge in [-0.1, -0.05) is 25.1 Å². The van der Waals surface area contributed by atoms with Crippen LogP contribution in [0.2, 0.25) is 0 Å². The number of carbonyl (C=O) groups is 1. The summed E-state index contributed by atoms with van der Waals surface area (Å²) < 4.78 is 6.11. The van der Waals surface area contributed by atoms with Crippen LogP contribution in [0.4, 0.5) is 0 Å². The minimum Gasteiger partial charge on any atom is -0.462 e. The number of fused-ring (bicyclic) bond motifs is 1. The van der Waals surface area contributed by atoms with Crippen LogP contribution in [0.3, 0.4) is 0 Å². The lowest BCUT2D eigenvalue weighted by atomic mass is 9.97. The monoisotopic (exact) mass is 337 g/mol. The van der Waals surface area contributed by atoms with Gasteiger partial charge < -0.3 is 10.1 Å². The number of allylic oxidation sites excluding steroid dienone is 2. The fourth-order valence-electron chi connectivity index (χ4n) is 3.38. The molecule has 0 atom stereocenters. The van der Waals surface area contributed by atoms with Crippen molar-refractivity contribution in [2.24, 2.45) is 0 Å². The SMILES string of the molecule is CCc1cc(CCNC(C)=O)c2cc(OC3=CCCCC3)ccc2c1. The highest BCUT2D eigenvalue weighted by Crippen LogP contribution is 2.29. The molecule has 1 amide bonds. The summed E-state index contributed by atoms with van der Waals surface area (Å²) >= 11 is 0. The normalized spacial score (nSPS) is 14.2. The number of rotatable bonds is 6. The van der Waals surface area contributed by atoms with E-state index in [0.717, 1.165) is 37.2 Å². The zero-order chi connectivity index (χ0) is 17.6. The molecule has 0 unspecified atom stereocenters. The first kappa shape index (κ1) is 17.5. The van der Waals surface area contributed by atoms with Crippen molar-refractivity contribution in [2.75, 3.05) is 6.54 Å². The van der Waals surface area contributed by atoms with Crippen LogP contribution >= 0.6 is 0 Å². The molecule has 3 nitrogen and oxygen atoms in total. The molecule has 0 heterocycles. The summed E-state index contributed by atoms with van der Waals surface area (Å²) in [7, 11) is 0. The molecule has 1 aliphatic carbocycles. The summed E-state index contributed by atoms with van der Waals surface area (Å²) in [5.41, 5.74) is 2.60. The highest BCUT2D eigenvalue weighted by atomic mass is 16.5. The summed E-state index contributed by atoms with van der Waals surface area (Å²) in [4.78, 5) is 11.2. The van der Waals surface area contributed by atoms with Gasteiger partial charge in [-0.05, 0) is 72.2 Å². The van der Waals surface area contributed by atoms with Crippen molar-refractivity contribution in [1.29, 1.82) is 0 Å². The summed E-state index contributed by atoms with van der Waals surface area (Å²) in [6.07, 6.45) is 8.67. The van der Waals surface area contributed by atoms with Gasteiger partial charge in [0, 0.05) is 19.9 Å². The van der Waals surface area contributed by atoms with E-state index < -0.39 is 0 Å². The average molecular weight is 337 g/mol. The molecule has 0 aromatic heterocycles. The van der Waals surface area contributed by atoms with Crippen LogP contribution in [0.15, 0.2) is 42.2 Å². The maximum atomic E-state index is 11.2. The highest BCUT2D eigenvalue weighted by Gasteiger charge is 2.09. The van der Waals surface area contributed by atoms with E-state index in [2.05, 4.69) is 48.6 Å². The first-order chi connectivity index (χ1) is 12.2. The molecular weight excluding hydrogens is 310 g/mol. The Morgan fingerprint density at radius 2 is 2.08 bits per heavy atom. The Morgan fingerprint density at radius 1 is 1.20 bits per heavy atom. The van der Waals surface area contributed by atoms with Gasteiger partial charge in [0.1, 0.15) is 11.5 Å². The average Bonchev–Trinajstić information content (AvgIpc) is 2.62. The molecule has 0 bridgehead atoms. The molecule has 0 radical (unpaired) electrons. The molecule has 3 heteroatoms. The van der Waals surface area contributed by atoms with Crippen LogP contribution in [-0.4, -0.2) is 12.5 Å². The first-order valence-electron chi connectivity index (χ1n) is 9.32.